The molecule has 1 aliphatic carbocycles. The maximum Gasteiger partial charge on any atom is 0.217 e. The highest BCUT2D eigenvalue weighted by Crippen LogP contribution is 2.39. The van der Waals surface area contributed by atoms with Crippen LogP contribution >= 0.6 is 11.8 Å². The molecule has 2 aromatic rings. The van der Waals surface area contributed by atoms with Crippen molar-refractivity contribution in [2.75, 3.05) is 7.11 Å². The standard InChI is InChI=1S/C19H21NO2S/c1-13(21)20-14-8-9-16-17(12-14)18(22-2)10-11-19(16)23-15-6-4-3-5-7-15/h3-7,10-11,14H,8-9,12H2,1-2H3,(H,20,21)/t14-/m1/s1. The van der Waals surface area contributed by atoms with Crippen molar-refractivity contribution in [1.29, 1.82) is 0 Å². The number of nitrogens with one attached hydrogen (secondary N) is 1. The lowest BCUT2D eigenvalue weighted by molar-refractivity contribution is -0.119. The lowest BCUT2D eigenvalue weighted by atomic mass is 9.87. The number of benzene rings is 2. The van der Waals surface area contributed by atoms with Gasteiger partial charge in [0, 0.05) is 28.3 Å². The summed E-state index contributed by atoms with van der Waals surface area (Å²) in [5.41, 5.74) is 2.60. The minimum atomic E-state index is 0.0345. The van der Waals surface area contributed by atoms with Crippen molar-refractivity contribution in [3.63, 3.8) is 0 Å². The third-order valence-corrected chi connectivity index (χ3v) is 5.25. The Morgan fingerprint density at radius 2 is 1.96 bits per heavy atom. The lowest BCUT2D eigenvalue weighted by Gasteiger charge is -2.28. The summed E-state index contributed by atoms with van der Waals surface area (Å²) < 4.78 is 5.55. The molecule has 0 aromatic heterocycles. The maximum atomic E-state index is 11.3. The Morgan fingerprint density at radius 3 is 2.65 bits per heavy atom. The van der Waals surface area contributed by atoms with Crippen molar-refractivity contribution in [1.82, 2.24) is 5.32 Å². The van der Waals surface area contributed by atoms with Crippen molar-refractivity contribution in [3.8, 4) is 5.75 Å². The Hall–Kier alpha value is -1.94. The van der Waals surface area contributed by atoms with Crippen molar-refractivity contribution >= 4 is 17.7 Å². The van der Waals surface area contributed by atoms with Gasteiger partial charge in [0.2, 0.25) is 5.91 Å². The molecule has 0 saturated carbocycles. The molecular formula is C19H21NO2S. The normalized spacial score (nSPS) is 16.5. The van der Waals surface area contributed by atoms with E-state index in [0.29, 0.717) is 0 Å². The molecular weight excluding hydrogens is 306 g/mol. The average molecular weight is 327 g/mol. The third-order valence-electron chi connectivity index (χ3n) is 4.14. The van der Waals surface area contributed by atoms with Gasteiger partial charge in [0.15, 0.2) is 0 Å². The Kier molecular flexibility index (Phi) is 4.91. The minimum absolute atomic E-state index is 0.0345. The zero-order valence-corrected chi connectivity index (χ0v) is 14.3. The second-order valence-corrected chi connectivity index (χ2v) is 6.89. The molecule has 0 fully saturated rings. The quantitative estimate of drug-likeness (QED) is 0.927. The topological polar surface area (TPSA) is 38.3 Å². The molecule has 4 heteroatoms. The first-order valence-electron chi connectivity index (χ1n) is 7.86. The van der Waals surface area contributed by atoms with Crippen LogP contribution < -0.4 is 10.1 Å². The van der Waals surface area contributed by atoms with E-state index in [2.05, 4.69) is 35.6 Å². The summed E-state index contributed by atoms with van der Waals surface area (Å²) in [5.74, 6) is 0.958. The van der Waals surface area contributed by atoms with E-state index in [1.54, 1.807) is 25.8 Å². The van der Waals surface area contributed by atoms with Crippen LogP contribution in [0, 0.1) is 0 Å². The Labute approximate surface area is 141 Å². The number of ether oxygens (including phenoxy) is 1. The van der Waals surface area contributed by atoms with E-state index in [1.165, 1.54) is 20.9 Å². The fraction of sp³-hybridized carbons (Fsp3) is 0.316. The van der Waals surface area contributed by atoms with Gasteiger partial charge < -0.3 is 10.1 Å². The highest BCUT2D eigenvalue weighted by molar-refractivity contribution is 7.99. The first kappa shape index (κ1) is 15.9. The van der Waals surface area contributed by atoms with Crippen LogP contribution in [0.25, 0.3) is 0 Å². The van der Waals surface area contributed by atoms with Crippen LogP contribution in [0.1, 0.15) is 24.5 Å². The van der Waals surface area contributed by atoms with E-state index >= 15 is 0 Å². The largest absolute Gasteiger partial charge is 0.496 e. The van der Waals surface area contributed by atoms with Crippen LogP contribution in [0.4, 0.5) is 0 Å². The van der Waals surface area contributed by atoms with Gasteiger partial charge in [-0.25, -0.2) is 0 Å². The van der Waals surface area contributed by atoms with E-state index < -0.39 is 0 Å². The van der Waals surface area contributed by atoms with Crippen molar-refractivity contribution in [2.24, 2.45) is 0 Å². The van der Waals surface area contributed by atoms with Gasteiger partial charge in [0.25, 0.3) is 0 Å². The SMILES string of the molecule is COc1ccc(Sc2ccccc2)c2c1C[C@H](NC(C)=O)CC2. The van der Waals surface area contributed by atoms with E-state index in [-0.39, 0.29) is 11.9 Å². The van der Waals surface area contributed by atoms with E-state index in [0.717, 1.165) is 25.0 Å². The zero-order valence-electron chi connectivity index (χ0n) is 13.5. The number of carbonyl (C=O) groups is 1. The molecule has 0 aliphatic heterocycles. The molecule has 1 aliphatic rings. The molecule has 1 atom stereocenters. The van der Waals surface area contributed by atoms with Gasteiger partial charge in [-0.1, -0.05) is 30.0 Å². The van der Waals surface area contributed by atoms with E-state index in [1.807, 2.05) is 12.1 Å². The summed E-state index contributed by atoms with van der Waals surface area (Å²) in [6.45, 7) is 1.58. The van der Waals surface area contributed by atoms with Crippen molar-refractivity contribution < 1.29 is 9.53 Å². The van der Waals surface area contributed by atoms with Gasteiger partial charge in [-0.3, -0.25) is 4.79 Å². The molecule has 0 heterocycles. The molecule has 3 rings (SSSR count). The molecule has 23 heavy (non-hydrogen) atoms. The van der Waals surface area contributed by atoms with Crippen LogP contribution in [-0.4, -0.2) is 19.1 Å². The number of methoxy groups -OCH3 is 1. The predicted molar refractivity (Wildman–Crippen MR) is 93.2 cm³/mol. The average Bonchev–Trinajstić information content (AvgIpc) is 2.55. The van der Waals surface area contributed by atoms with Crippen LogP contribution in [0.15, 0.2) is 52.3 Å². The van der Waals surface area contributed by atoms with Crippen LogP contribution in [0.2, 0.25) is 0 Å². The highest BCUT2D eigenvalue weighted by Gasteiger charge is 2.24. The molecule has 0 unspecified atom stereocenters. The smallest absolute Gasteiger partial charge is 0.217 e. The van der Waals surface area contributed by atoms with Gasteiger partial charge in [-0.05, 0) is 49.1 Å². The number of carbonyl (C=O) groups excluding carboxylic acids is 1. The predicted octanol–water partition coefficient (Wildman–Crippen LogP) is 3.84. The fourth-order valence-electron chi connectivity index (χ4n) is 3.13. The minimum Gasteiger partial charge on any atom is -0.496 e. The molecule has 1 N–H and O–H groups in total. The number of hydrogen-bond acceptors (Lipinski definition) is 3. The number of rotatable bonds is 4. The highest BCUT2D eigenvalue weighted by atomic mass is 32.2. The lowest BCUT2D eigenvalue weighted by Crippen LogP contribution is -2.37. The number of amides is 1. The summed E-state index contributed by atoms with van der Waals surface area (Å²) in [7, 11) is 1.71. The molecule has 0 spiro atoms. The summed E-state index contributed by atoms with van der Waals surface area (Å²) in [4.78, 5) is 13.9. The Morgan fingerprint density at radius 1 is 1.17 bits per heavy atom. The fourth-order valence-corrected chi connectivity index (χ4v) is 4.16. The van der Waals surface area contributed by atoms with Gasteiger partial charge in [-0.15, -0.1) is 0 Å². The van der Waals surface area contributed by atoms with Crippen molar-refractivity contribution in [2.45, 2.75) is 42.0 Å². The van der Waals surface area contributed by atoms with Gasteiger partial charge in [0.05, 0.1) is 7.11 Å². The summed E-state index contributed by atoms with van der Waals surface area (Å²) in [6, 6.07) is 14.8. The van der Waals surface area contributed by atoms with Crippen LogP contribution in [0.5, 0.6) is 5.75 Å². The monoisotopic (exact) mass is 327 g/mol. The summed E-state index contributed by atoms with van der Waals surface area (Å²) in [6.07, 6.45) is 2.77. The first-order valence-corrected chi connectivity index (χ1v) is 8.67. The van der Waals surface area contributed by atoms with Gasteiger partial charge in [0.1, 0.15) is 5.75 Å². The Balaban J connectivity index is 1.91. The number of fused-ring (bicyclic) bond motifs is 1. The van der Waals surface area contributed by atoms with Crippen LogP contribution in [0.3, 0.4) is 0 Å². The van der Waals surface area contributed by atoms with Crippen molar-refractivity contribution in [3.05, 3.63) is 53.6 Å². The third kappa shape index (κ3) is 3.70. The van der Waals surface area contributed by atoms with Gasteiger partial charge >= 0.3 is 0 Å². The summed E-state index contributed by atoms with van der Waals surface area (Å²) in [5, 5.41) is 3.04. The molecule has 2 aromatic carbocycles. The summed E-state index contributed by atoms with van der Waals surface area (Å²) >= 11 is 1.79. The molecule has 1 amide bonds. The molecule has 120 valence electrons. The van der Waals surface area contributed by atoms with Gasteiger partial charge in [-0.2, -0.15) is 0 Å². The van der Waals surface area contributed by atoms with E-state index in [9.17, 15) is 4.79 Å². The molecule has 0 saturated heterocycles. The molecule has 0 radical (unpaired) electrons. The molecule has 3 nitrogen and oxygen atoms in total. The van der Waals surface area contributed by atoms with Crippen LogP contribution in [-0.2, 0) is 17.6 Å². The first-order chi connectivity index (χ1) is 11.2. The second-order valence-electron chi connectivity index (χ2n) is 5.78. The molecule has 0 bridgehead atoms. The maximum absolute atomic E-state index is 11.3. The Bertz CT molecular complexity index is 700. The zero-order chi connectivity index (χ0) is 16.2. The number of hydrogen-bond donors (Lipinski definition) is 1. The second kappa shape index (κ2) is 7.09. The van der Waals surface area contributed by atoms with E-state index in [4.69, 9.17) is 4.74 Å².